The Morgan fingerprint density at radius 3 is 2.59 bits per heavy atom. The fourth-order valence-electron chi connectivity index (χ4n) is 4.10. The number of piperidine rings is 1. The van der Waals surface area contributed by atoms with Crippen molar-refractivity contribution in [2.75, 3.05) is 26.2 Å². The molecule has 0 unspecified atom stereocenters. The summed E-state index contributed by atoms with van der Waals surface area (Å²) in [6, 6.07) is 14.0. The summed E-state index contributed by atoms with van der Waals surface area (Å²) in [4.78, 5) is 29.7. The Bertz CT molecular complexity index is 821. The van der Waals surface area contributed by atoms with Crippen molar-refractivity contribution < 1.29 is 9.59 Å². The quantitative estimate of drug-likeness (QED) is 0.807. The van der Waals surface area contributed by atoms with E-state index in [1.54, 1.807) is 0 Å². The highest BCUT2D eigenvalue weighted by atomic mass is 32.1. The van der Waals surface area contributed by atoms with E-state index in [0.717, 1.165) is 42.9 Å². The van der Waals surface area contributed by atoms with Gasteiger partial charge in [0.15, 0.2) is 0 Å². The molecular formula is C22H24N2O2S. The Balaban J connectivity index is 1.32. The van der Waals surface area contributed by atoms with Gasteiger partial charge in [0.25, 0.3) is 5.91 Å². The van der Waals surface area contributed by atoms with Crippen molar-refractivity contribution in [2.24, 2.45) is 5.41 Å². The highest BCUT2D eigenvalue weighted by Crippen LogP contribution is 2.41. The Morgan fingerprint density at radius 1 is 1.11 bits per heavy atom. The number of rotatable bonds is 4. The Hall–Kier alpha value is -2.40. The lowest BCUT2D eigenvalue weighted by Gasteiger charge is -2.38. The third-order valence-corrected chi connectivity index (χ3v) is 6.54. The van der Waals surface area contributed by atoms with Crippen LogP contribution in [-0.2, 0) is 4.79 Å². The SMILES string of the molecule is O=C1CC2(CCN(C(=O)c3cccs3)CC2)CN1CC=Cc1ccccc1. The monoisotopic (exact) mass is 380 g/mol. The molecule has 0 atom stereocenters. The van der Waals surface area contributed by atoms with Crippen LogP contribution in [0.3, 0.4) is 0 Å². The first-order valence-electron chi connectivity index (χ1n) is 9.47. The molecule has 27 heavy (non-hydrogen) atoms. The number of likely N-dealkylation sites (tertiary alicyclic amines) is 2. The average molecular weight is 381 g/mol. The van der Waals surface area contributed by atoms with Crippen molar-refractivity contribution in [2.45, 2.75) is 19.3 Å². The maximum atomic E-state index is 12.5. The number of hydrogen-bond donors (Lipinski definition) is 0. The summed E-state index contributed by atoms with van der Waals surface area (Å²) >= 11 is 1.50. The third kappa shape index (κ3) is 3.98. The fraction of sp³-hybridized carbons (Fsp3) is 0.364. The van der Waals surface area contributed by atoms with E-state index in [1.165, 1.54) is 11.3 Å². The number of thiophene rings is 1. The average Bonchev–Trinajstić information content (AvgIpc) is 3.32. The highest BCUT2D eigenvalue weighted by molar-refractivity contribution is 7.12. The van der Waals surface area contributed by atoms with Crippen LogP contribution < -0.4 is 0 Å². The van der Waals surface area contributed by atoms with E-state index < -0.39 is 0 Å². The minimum atomic E-state index is 0.0455. The van der Waals surface area contributed by atoms with E-state index in [2.05, 4.69) is 24.3 Å². The van der Waals surface area contributed by atoms with Gasteiger partial charge in [-0.2, -0.15) is 0 Å². The molecule has 0 radical (unpaired) electrons. The fourth-order valence-corrected chi connectivity index (χ4v) is 4.79. The number of amides is 2. The van der Waals surface area contributed by atoms with E-state index in [9.17, 15) is 9.59 Å². The van der Waals surface area contributed by atoms with Gasteiger partial charge in [-0.15, -0.1) is 11.3 Å². The summed E-state index contributed by atoms with van der Waals surface area (Å²) in [6.07, 6.45) is 6.58. The predicted octanol–water partition coefficient (Wildman–Crippen LogP) is 3.92. The molecule has 5 heteroatoms. The molecule has 2 fully saturated rings. The summed E-state index contributed by atoms with van der Waals surface area (Å²) in [5.41, 5.74) is 1.20. The van der Waals surface area contributed by atoms with Gasteiger partial charge in [0.05, 0.1) is 4.88 Å². The van der Waals surface area contributed by atoms with Crippen LogP contribution in [0.4, 0.5) is 0 Å². The third-order valence-electron chi connectivity index (χ3n) is 5.68. The number of hydrogen-bond acceptors (Lipinski definition) is 3. The Kier molecular flexibility index (Phi) is 5.12. The van der Waals surface area contributed by atoms with E-state index in [-0.39, 0.29) is 17.2 Å². The molecular weight excluding hydrogens is 356 g/mol. The van der Waals surface area contributed by atoms with Crippen LogP contribution in [0.25, 0.3) is 6.08 Å². The zero-order valence-electron chi connectivity index (χ0n) is 15.3. The van der Waals surface area contributed by atoms with Gasteiger partial charge in [0.1, 0.15) is 0 Å². The predicted molar refractivity (Wildman–Crippen MR) is 109 cm³/mol. The Labute approximate surface area is 164 Å². The first-order valence-corrected chi connectivity index (χ1v) is 10.4. The van der Waals surface area contributed by atoms with Gasteiger partial charge in [0.2, 0.25) is 5.91 Å². The minimum Gasteiger partial charge on any atom is -0.338 e. The number of carbonyl (C=O) groups excluding carboxylic acids is 2. The zero-order chi connectivity index (χ0) is 18.7. The molecule has 3 heterocycles. The van der Waals surface area contributed by atoms with Gasteiger partial charge in [-0.3, -0.25) is 9.59 Å². The summed E-state index contributed by atoms with van der Waals surface area (Å²) < 4.78 is 0. The summed E-state index contributed by atoms with van der Waals surface area (Å²) in [5, 5.41) is 1.94. The number of carbonyl (C=O) groups is 2. The number of nitrogens with zero attached hydrogens (tertiary/aromatic N) is 2. The van der Waals surface area contributed by atoms with Crippen LogP contribution >= 0.6 is 11.3 Å². The molecule has 1 spiro atoms. The number of benzene rings is 1. The van der Waals surface area contributed by atoms with Gasteiger partial charge < -0.3 is 9.80 Å². The Morgan fingerprint density at radius 2 is 1.89 bits per heavy atom. The molecule has 2 aliphatic heterocycles. The molecule has 2 amide bonds. The second-order valence-electron chi connectivity index (χ2n) is 7.53. The van der Waals surface area contributed by atoms with Crippen molar-refractivity contribution in [1.29, 1.82) is 0 Å². The van der Waals surface area contributed by atoms with Gasteiger partial charge in [-0.05, 0) is 29.9 Å². The molecule has 2 aromatic rings. The molecule has 4 rings (SSSR count). The lowest BCUT2D eigenvalue weighted by Crippen LogP contribution is -2.44. The molecule has 0 aliphatic carbocycles. The summed E-state index contributed by atoms with van der Waals surface area (Å²) in [5.74, 6) is 0.373. The van der Waals surface area contributed by atoms with Crippen molar-refractivity contribution in [1.82, 2.24) is 9.80 Å². The van der Waals surface area contributed by atoms with Crippen LogP contribution in [0.2, 0.25) is 0 Å². The smallest absolute Gasteiger partial charge is 0.263 e. The molecule has 1 aromatic carbocycles. The normalized spacial score (nSPS) is 19.3. The van der Waals surface area contributed by atoms with Crippen LogP contribution in [0.1, 0.15) is 34.5 Å². The highest BCUT2D eigenvalue weighted by Gasteiger charge is 2.45. The van der Waals surface area contributed by atoms with Crippen LogP contribution in [0.15, 0.2) is 53.9 Å². The molecule has 2 aliphatic rings. The van der Waals surface area contributed by atoms with Crippen LogP contribution in [0.5, 0.6) is 0 Å². The lowest BCUT2D eigenvalue weighted by atomic mass is 9.77. The zero-order valence-corrected chi connectivity index (χ0v) is 16.2. The van der Waals surface area contributed by atoms with E-state index in [0.29, 0.717) is 13.0 Å². The van der Waals surface area contributed by atoms with Crippen molar-refractivity contribution in [3.63, 3.8) is 0 Å². The topological polar surface area (TPSA) is 40.6 Å². The second-order valence-corrected chi connectivity index (χ2v) is 8.48. The van der Waals surface area contributed by atoms with E-state index >= 15 is 0 Å². The second kappa shape index (κ2) is 7.69. The molecule has 1 aromatic heterocycles. The first-order chi connectivity index (χ1) is 13.2. The molecule has 0 N–H and O–H groups in total. The standard InChI is InChI=1S/C22H24N2O2S/c25-20-16-22(17-24(20)12-4-8-18-6-2-1-3-7-18)10-13-23(14-11-22)21(26)19-9-5-15-27-19/h1-9,15H,10-14,16-17H2. The van der Waals surface area contributed by atoms with Crippen molar-refractivity contribution in [3.05, 3.63) is 64.4 Å². The summed E-state index contributed by atoms with van der Waals surface area (Å²) in [6.45, 7) is 2.97. The first kappa shape index (κ1) is 18.0. The van der Waals surface area contributed by atoms with Crippen molar-refractivity contribution in [3.8, 4) is 0 Å². The van der Waals surface area contributed by atoms with Gasteiger partial charge >= 0.3 is 0 Å². The summed E-state index contributed by atoms with van der Waals surface area (Å²) in [7, 11) is 0. The largest absolute Gasteiger partial charge is 0.338 e. The molecule has 4 nitrogen and oxygen atoms in total. The van der Waals surface area contributed by atoms with Crippen molar-refractivity contribution >= 4 is 29.2 Å². The van der Waals surface area contributed by atoms with Gasteiger partial charge in [0, 0.05) is 38.0 Å². The van der Waals surface area contributed by atoms with Crippen LogP contribution in [-0.4, -0.2) is 47.8 Å². The molecule has 2 saturated heterocycles. The maximum absolute atomic E-state index is 12.5. The maximum Gasteiger partial charge on any atom is 0.263 e. The molecule has 140 valence electrons. The van der Waals surface area contributed by atoms with Crippen LogP contribution in [0, 0.1) is 5.41 Å². The molecule has 0 bridgehead atoms. The van der Waals surface area contributed by atoms with Gasteiger partial charge in [-0.1, -0.05) is 48.6 Å². The molecule has 0 saturated carbocycles. The minimum absolute atomic E-state index is 0.0455. The van der Waals surface area contributed by atoms with E-state index in [4.69, 9.17) is 0 Å². The van der Waals surface area contributed by atoms with Gasteiger partial charge in [-0.25, -0.2) is 0 Å². The van der Waals surface area contributed by atoms with E-state index in [1.807, 2.05) is 45.5 Å². The lowest BCUT2D eigenvalue weighted by molar-refractivity contribution is -0.127.